The van der Waals surface area contributed by atoms with Crippen LogP contribution in [-0.2, 0) is 33.2 Å². The molecule has 584 valence electrons. The molecule has 19 nitrogen and oxygen atoms in total. The molecule has 3 aliphatic heterocycles. The molecule has 0 spiro atoms. The van der Waals surface area contributed by atoms with Gasteiger partial charge in [-0.2, -0.15) is 0 Å². The van der Waals surface area contributed by atoms with Crippen molar-refractivity contribution >= 4 is 5.91 Å². The average molecular weight is 1420 g/mol. The summed E-state index contributed by atoms with van der Waals surface area (Å²) in [4.78, 5) is 13.5. The second kappa shape index (κ2) is 61.4. The number of aliphatic hydroxyl groups excluding tert-OH is 11. The zero-order chi connectivity index (χ0) is 71.8. The lowest BCUT2D eigenvalue weighted by molar-refractivity contribution is -0.379. The fraction of sp³-hybridized carbons (Fsp3) is 0.938. The van der Waals surface area contributed by atoms with Crippen LogP contribution >= 0.6 is 0 Å². The van der Waals surface area contributed by atoms with Gasteiger partial charge in [0.2, 0.25) is 5.91 Å². The first-order valence-electron chi connectivity index (χ1n) is 41.1. The van der Waals surface area contributed by atoms with Gasteiger partial charge in [0.1, 0.15) is 73.2 Å². The van der Waals surface area contributed by atoms with Crippen molar-refractivity contribution in [3.8, 4) is 0 Å². The number of amides is 1. The predicted molar refractivity (Wildman–Crippen MR) is 393 cm³/mol. The van der Waals surface area contributed by atoms with Gasteiger partial charge in [-0.25, -0.2) is 0 Å². The quantitative estimate of drug-likeness (QED) is 0.0199. The van der Waals surface area contributed by atoms with Gasteiger partial charge in [-0.1, -0.05) is 334 Å². The number of ether oxygens (including phenoxy) is 6. The Kier molecular flexibility index (Phi) is 56.8. The van der Waals surface area contributed by atoms with Crippen molar-refractivity contribution in [3.63, 3.8) is 0 Å². The van der Waals surface area contributed by atoms with Crippen LogP contribution in [0.25, 0.3) is 0 Å². The molecule has 3 aliphatic rings. The number of aliphatic hydroxyl groups is 11. The summed E-state index contributed by atoms with van der Waals surface area (Å²) in [6, 6.07) is -0.988. The average Bonchev–Trinajstić information content (AvgIpc) is 0.784. The second-order valence-corrected chi connectivity index (χ2v) is 29.6. The number of hydrogen-bond donors (Lipinski definition) is 12. The molecule has 0 aromatic heterocycles. The number of allylic oxidation sites excluding steroid dienone is 3. The van der Waals surface area contributed by atoms with Gasteiger partial charge < -0.3 is 89.9 Å². The smallest absolute Gasteiger partial charge is 0.220 e. The summed E-state index contributed by atoms with van der Waals surface area (Å²) in [7, 11) is 0. The highest BCUT2D eigenvalue weighted by Gasteiger charge is 2.54. The maximum absolute atomic E-state index is 13.5. The van der Waals surface area contributed by atoms with Gasteiger partial charge >= 0.3 is 0 Å². The maximum Gasteiger partial charge on any atom is 0.220 e. The van der Waals surface area contributed by atoms with Crippen molar-refractivity contribution in [2.24, 2.45) is 0 Å². The highest BCUT2D eigenvalue weighted by molar-refractivity contribution is 5.76. The Bertz CT molecular complexity index is 1880. The molecule has 3 fully saturated rings. The summed E-state index contributed by atoms with van der Waals surface area (Å²) >= 11 is 0. The number of carbonyl (C=O) groups excluding carboxylic acids is 1. The van der Waals surface area contributed by atoms with E-state index in [1.54, 1.807) is 6.08 Å². The SMILES string of the molecule is CCCCCCCCCCCCCCCCC/C=C/CC/C=C/C(O)C(COC1OC(CO)C(OC2OC(CO)C(OC3OC(CO)C(O)C(O)C3O)C(O)C2O)C(O)C1O)NC(=O)CCCCCCCCCCCCCCCCCCCCCCCCCCCCCCCCCCC. The normalized spacial score (nSPS) is 26.7. The lowest BCUT2D eigenvalue weighted by Gasteiger charge is -2.48. The Morgan fingerprint density at radius 1 is 0.354 bits per heavy atom. The molecule has 17 atom stereocenters. The van der Waals surface area contributed by atoms with Crippen molar-refractivity contribution in [2.75, 3.05) is 26.4 Å². The monoisotopic (exact) mass is 1410 g/mol. The van der Waals surface area contributed by atoms with Crippen LogP contribution in [0.15, 0.2) is 24.3 Å². The number of rotatable bonds is 66. The van der Waals surface area contributed by atoms with Crippen LogP contribution in [0.2, 0.25) is 0 Å². The molecule has 3 rings (SSSR count). The van der Waals surface area contributed by atoms with Crippen molar-refractivity contribution < 1.29 is 89.4 Å². The topological polar surface area (TPSA) is 307 Å². The Balaban J connectivity index is 1.35. The van der Waals surface area contributed by atoms with Crippen molar-refractivity contribution in [3.05, 3.63) is 24.3 Å². The molecule has 0 bridgehead atoms. The van der Waals surface area contributed by atoms with Crippen LogP contribution in [0, 0.1) is 0 Å². The summed E-state index contributed by atoms with van der Waals surface area (Å²) < 4.78 is 34.4. The largest absolute Gasteiger partial charge is 0.394 e. The Hall–Kier alpha value is -1.73. The second-order valence-electron chi connectivity index (χ2n) is 29.6. The third-order valence-electron chi connectivity index (χ3n) is 20.8. The molecule has 99 heavy (non-hydrogen) atoms. The summed E-state index contributed by atoms with van der Waals surface area (Å²) in [6.45, 7) is 1.78. The molecule has 3 saturated heterocycles. The Labute approximate surface area is 600 Å². The standard InChI is InChI=1S/C80H151NO18/c1-3-5-7-9-11-13-15-17-19-21-23-25-26-27-28-29-30-31-32-33-34-35-36-38-40-42-44-46-48-50-52-54-56-58-68(86)81-63(64(85)57-55-53-51-49-47-45-43-41-39-37-24-22-20-18-16-14-12-10-8-6-4-2)62-94-78-74(92)71(89)76(66(60-83)96-78)99-80-75(93)72(90)77(67(61-84)97-80)98-79-73(91)70(88)69(87)65(59-82)95-79/h47,49,55,57,63-67,69-80,82-85,87-93H,3-46,48,50-54,56,58-62H2,1-2H3,(H,81,86)/b49-47+,57-55+. The van der Waals surface area contributed by atoms with E-state index in [4.69, 9.17) is 28.4 Å². The molecule has 3 heterocycles. The third kappa shape index (κ3) is 41.7. The maximum atomic E-state index is 13.5. The minimum atomic E-state index is -1.98. The van der Waals surface area contributed by atoms with Gasteiger partial charge in [0, 0.05) is 6.42 Å². The van der Waals surface area contributed by atoms with Gasteiger partial charge in [-0.05, 0) is 32.1 Å². The molecule has 0 aromatic carbocycles. The first-order valence-corrected chi connectivity index (χ1v) is 41.1. The van der Waals surface area contributed by atoms with Crippen LogP contribution < -0.4 is 5.32 Å². The number of nitrogens with one attached hydrogen (secondary N) is 1. The number of carbonyl (C=O) groups is 1. The van der Waals surface area contributed by atoms with E-state index < -0.39 is 124 Å². The summed E-state index contributed by atoms with van der Waals surface area (Å²) in [5.41, 5.74) is 0. The summed E-state index contributed by atoms with van der Waals surface area (Å²) in [5, 5.41) is 121. The van der Waals surface area contributed by atoms with Crippen LogP contribution in [0.5, 0.6) is 0 Å². The zero-order valence-electron chi connectivity index (χ0n) is 62.5. The molecular weight excluding hydrogens is 1260 g/mol. The zero-order valence-corrected chi connectivity index (χ0v) is 62.5. The molecule has 12 N–H and O–H groups in total. The van der Waals surface area contributed by atoms with Crippen molar-refractivity contribution in [1.29, 1.82) is 0 Å². The first kappa shape index (κ1) is 91.5. The van der Waals surface area contributed by atoms with E-state index in [1.165, 1.54) is 276 Å². The minimum Gasteiger partial charge on any atom is -0.394 e. The lowest BCUT2D eigenvalue weighted by Crippen LogP contribution is -2.66. The van der Waals surface area contributed by atoms with E-state index in [-0.39, 0.29) is 18.9 Å². The first-order chi connectivity index (χ1) is 48.3. The predicted octanol–water partition coefficient (Wildman–Crippen LogP) is 13.7. The van der Waals surface area contributed by atoms with E-state index in [1.807, 2.05) is 6.08 Å². The number of unbranched alkanes of at least 4 members (excludes halogenated alkanes) is 48. The fourth-order valence-corrected chi connectivity index (χ4v) is 14.2. The fourth-order valence-electron chi connectivity index (χ4n) is 14.2. The molecule has 0 aromatic rings. The minimum absolute atomic E-state index is 0.241. The van der Waals surface area contributed by atoms with Crippen LogP contribution in [-0.4, -0.2) is 193 Å². The van der Waals surface area contributed by atoms with Crippen LogP contribution in [0.3, 0.4) is 0 Å². The number of hydrogen-bond acceptors (Lipinski definition) is 18. The van der Waals surface area contributed by atoms with Crippen molar-refractivity contribution in [2.45, 2.75) is 452 Å². The Morgan fingerprint density at radius 3 is 1.01 bits per heavy atom. The third-order valence-corrected chi connectivity index (χ3v) is 20.8. The highest BCUT2D eigenvalue weighted by Crippen LogP contribution is 2.33. The molecule has 0 radical (unpaired) electrons. The summed E-state index contributed by atoms with van der Waals surface area (Å²) in [5.74, 6) is -0.277. The highest BCUT2D eigenvalue weighted by atomic mass is 16.8. The molecule has 1 amide bonds. The van der Waals surface area contributed by atoms with Gasteiger partial charge in [0.25, 0.3) is 0 Å². The molecule has 17 unspecified atom stereocenters. The van der Waals surface area contributed by atoms with E-state index in [9.17, 15) is 61.0 Å². The lowest BCUT2D eigenvalue weighted by atomic mass is 9.96. The van der Waals surface area contributed by atoms with Crippen LogP contribution in [0.4, 0.5) is 0 Å². The van der Waals surface area contributed by atoms with E-state index in [0.29, 0.717) is 12.8 Å². The molecule has 0 saturated carbocycles. The Morgan fingerprint density at radius 2 is 0.646 bits per heavy atom. The van der Waals surface area contributed by atoms with Gasteiger partial charge in [0.15, 0.2) is 18.9 Å². The van der Waals surface area contributed by atoms with Gasteiger partial charge in [-0.3, -0.25) is 4.79 Å². The van der Waals surface area contributed by atoms with Gasteiger partial charge in [-0.15, -0.1) is 0 Å². The van der Waals surface area contributed by atoms with E-state index in [2.05, 4.69) is 31.3 Å². The van der Waals surface area contributed by atoms with E-state index in [0.717, 1.165) is 38.5 Å². The van der Waals surface area contributed by atoms with Crippen molar-refractivity contribution in [1.82, 2.24) is 5.32 Å². The van der Waals surface area contributed by atoms with Gasteiger partial charge in [0.05, 0.1) is 38.6 Å². The molecule has 19 heteroatoms. The summed E-state index contributed by atoms with van der Waals surface area (Å²) in [6.07, 6.45) is 47.6. The van der Waals surface area contributed by atoms with Crippen LogP contribution in [0.1, 0.15) is 348 Å². The molecular formula is C80H151NO18. The van der Waals surface area contributed by atoms with E-state index >= 15 is 0 Å². The molecule has 0 aliphatic carbocycles.